The molecule has 1 saturated heterocycles. The van der Waals surface area contributed by atoms with Crippen LogP contribution in [0.15, 0.2) is 33.6 Å². The Kier molecular flexibility index (Phi) is 7.10. The summed E-state index contributed by atoms with van der Waals surface area (Å²) in [5, 5.41) is 2.86. The predicted octanol–water partition coefficient (Wildman–Crippen LogP) is 4.19. The van der Waals surface area contributed by atoms with Crippen molar-refractivity contribution in [1.29, 1.82) is 0 Å². The van der Waals surface area contributed by atoms with E-state index in [9.17, 15) is 13.2 Å². The lowest BCUT2D eigenvalue weighted by Crippen LogP contribution is -2.26. The van der Waals surface area contributed by atoms with Crippen LogP contribution in [0.2, 0.25) is 0 Å². The Bertz CT molecular complexity index is 814. The maximum absolute atomic E-state index is 12.8. The minimum Gasteiger partial charge on any atom is -0.362 e. The van der Waals surface area contributed by atoms with Crippen LogP contribution < -0.4 is 5.32 Å². The van der Waals surface area contributed by atoms with Crippen LogP contribution in [-0.2, 0) is 14.8 Å². The number of amides is 1. The maximum Gasteiger partial charge on any atom is 0.284 e. The number of benzene rings is 1. The highest BCUT2D eigenvalue weighted by Crippen LogP contribution is 2.27. The van der Waals surface area contributed by atoms with Crippen molar-refractivity contribution in [3.8, 4) is 0 Å². The van der Waals surface area contributed by atoms with Crippen molar-refractivity contribution in [2.45, 2.75) is 69.1 Å². The first-order valence-corrected chi connectivity index (χ1v) is 11.8. The van der Waals surface area contributed by atoms with Crippen LogP contribution >= 0.6 is 0 Å². The second kappa shape index (κ2) is 9.54. The van der Waals surface area contributed by atoms with Crippen LogP contribution in [0.3, 0.4) is 0 Å². The van der Waals surface area contributed by atoms with Crippen molar-refractivity contribution >= 4 is 27.5 Å². The number of likely N-dealkylation sites (tertiary alicyclic amines) is 1. The largest absolute Gasteiger partial charge is 0.362 e. The van der Waals surface area contributed by atoms with E-state index in [1.807, 2.05) is 11.9 Å². The molecular weight excluding hydrogens is 374 g/mol. The number of hydrogen-bond donors (Lipinski definition) is 1. The van der Waals surface area contributed by atoms with Crippen molar-refractivity contribution in [2.75, 3.05) is 18.9 Å². The molecule has 2 aliphatic rings. The number of rotatable bonds is 5. The van der Waals surface area contributed by atoms with Gasteiger partial charge >= 0.3 is 0 Å². The van der Waals surface area contributed by atoms with Gasteiger partial charge in [-0.1, -0.05) is 31.7 Å². The number of nitrogens with one attached hydrogen (secondary N) is 1. The smallest absolute Gasteiger partial charge is 0.284 e. The van der Waals surface area contributed by atoms with E-state index in [2.05, 4.69) is 9.71 Å². The Labute approximate surface area is 168 Å². The van der Waals surface area contributed by atoms with Gasteiger partial charge in [-0.05, 0) is 49.8 Å². The molecule has 0 unspecified atom stereocenters. The second-order valence-electron chi connectivity index (χ2n) is 8.00. The van der Waals surface area contributed by atoms with Gasteiger partial charge < -0.3 is 10.2 Å². The molecule has 3 rings (SSSR count). The summed E-state index contributed by atoms with van der Waals surface area (Å²) >= 11 is 0. The monoisotopic (exact) mass is 405 g/mol. The van der Waals surface area contributed by atoms with Gasteiger partial charge in [-0.15, -0.1) is 4.40 Å². The van der Waals surface area contributed by atoms with E-state index in [1.54, 1.807) is 12.1 Å². The van der Waals surface area contributed by atoms with E-state index in [0.717, 1.165) is 38.6 Å². The molecular formula is C21H31N3O3S. The summed E-state index contributed by atoms with van der Waals surface area (Å²) in [7, 11) is -1.91. The van der Waals surface area contributed by atoms with Gasteiger partial charge in [-0.25, -0.2) is 0 Å². The van der Waals surface area contributed by atoms with Crippen molar-refractivity contribution in [2.24, 2.45) is 10.3 Å². The maximum atomic E-state index is 12.8. The van der Waals surface area contributed by atoms with Gasteiger partial charge in [-0.3, -0.25) is 4.79 Å². The fraction of sp³-hybridized carbons (Fsp3) is 0.619. The number of hydrogen-bond acceptors (Lipinski definition) is 3. The summed E-state index contributed by atoms with van der Waals surface area (Å²) in [6, 6.07) is 6.42. The lowest BCUT2D eigenvalue weighted by atomic mass is 9.87. The Hall–Kier alpha value is -1.89. The summed E-state index contributed by atoms with van der Waals surface area (Å²) in [5.74, 6) is 1.01. The van der Waals surface area contributed by atoms with E-state index in [-0.39, 0.29) is 10.8 Å². The molecule has 1 aromatic carbocycles. The first kappa shape index (κ1) is 20.8. The first-order chi connectivity index (χ1) is 13.4. The molecule has 1 heterocycles. The van der Waals surface area contributed by atoms with Gasteiger partial charge in [0.05, 0.1) is 4.90 Å². The molecule has 0 radical (unpaired) electrons. The molecule has 6 nitrogen and oxygen atoms in total. The number of sulfonamides is 1. The predicted molar refractivity (Wildman–Crippen MR) is 112 cm³/mol. The Morgan fingerprint density at radius 3 is 2.68 bits per heavy atom. The fourth-order valence-corrected chi connectivity index (χ4v) is 5.18. The molecule has 0 atom stereocenters. The molecule has 1 N–H and O–H groups in total. The minimum atomic E-state index is -3.80. The number of anilines is 1. The number of carbonyl (C=O) groups is 1. The molecule has 0 aromatic heterocycles. The summed E-state index contributed by atoms with van der Waals surface area (Å²) in [4.78, 5) is 14.4. The van der Waals surface area contributed by atoms with Gasteiger partial charge in [0, 0.05) is 32.1 Å². The molecule has 7 heteroatoms. The third-order valence-electron chi connectivity index (χ3n) is 5.67. The third-order valence-corrected chi connectivity index (χ3v) is 6.98. The van der Waals surface area contributed by atoms with Gasteiger partial charge in [-0.2, -0.15) is 8.42 Å². The summed E-state index contributed by atoms with van der Waals surface area (Å²) < 4.78 is 29.7. The summed E-state index contributed by atoms with van der Waals surface area (Å²) in [5.41, 5.74) is 0.510. The highest BCUT2D eigenvalue weighted by Gasteiger charge is 2.20. The quantitative estimate of drug-likeness (QED) is 0.797. The number of nitrogens with zero attached hydrogens (tertiary/aromatic N) is 2. The fourth-order valence-electron chi connectivity index (χ4n) is 4.04. The standard InChI is InChI=1S/C21H31N3O3S/c1-24-14-7-3-6-13-20(24)23-28(26,27)19-12-8-11-18(16-19)22-21(25)15-17-9-4-2-5-10-17/h8,11-12,16-17H,2-7,9-10,13-15H2,1H3,(H,22,25). The van der Waals surface area contributed by atoms with Crippen LogP contribution in [-0.4, -0.2) is 38.7 Å². The Morgan fingerprint density at radius 2 is 1.89 bits per heavy atom. The van der Waals surface area contributed by atoms with Gasteiger partial charge in [0.25, 0.3) is 10.0 Å². The topological polar surface area (TPSA) is 78.8 Å². The van der Waals surface area contributed by atoms with E-state index in [4.69, 9.17) is 0 Å². The van der Waals surface area contributed by atoms with E-state index in [1.165, 1.54) is 31.4 Å². The first-order valence-electron chi connectivity index (χ1n) is 10.4. The van der Waals surface area contributed by atoms with Gasteiger partial charge in [0.2, 0.25) is 5.91 Å². The zero-order chi connectivity index (χ0) is 20.0. The van der Waals surface area contributed by atoms with Crippen molar-refractivity contribution < 1.29 is 13.2 Å². The van der Waals surface area contributed by atoms with Crippen LogP contribution in [0.4, 0.5) is 5.69 Å². The van der Waals surface area contributed by atoms with Crippen molar-refractivity contribution in [1.82, 2.24) is 4.90 Å². The lowest BCUT2D eigenvalue weighted by molar-refractivity contribution is -0.117. The Balaban J connectivity index is 1.69. The van der Waals surface area contributed by atoms with Crippen molar-refractivity contribution in [3.05, 3.63) is 24.3 Å². The average molecular weight is 406 g/mol. The average Bonchev–Trinajstić information content (AvgIpc) is 2.87. The zero-order valence-corrected chi connectivity index (χ0v) is 17.5. The number of carbonyl (C=O) groups excluding carboxylic acids is 1. The molecule has 28 heavy (non-hydrogen) atoms. The third kappa shape index (κ3) is 5.80. The van der Waals surface area contributed by atoms with Crippen LogP contribution in [0.25, 0.3) is 0 Å². The van der Waals surface area contributed by atoms with Gasteiger partial charge in [0.1, 0.15) is 5.84 Å². The van der Waals surface area contributed by atoms with Crippen LogP contribution in [0.5, 0.6) is 0 Å². The summed E-state index contributed by atoms with van der Waals surface area (Å²) in [6.45, 7) is 0.825. The molecule has 1 aromatic rings. The highest BCUT2D eigenvalue weighted by molar-refractivity contribution is 7.90. The van der Waals surface area contributed by atoms with E-state index in [0.29, 0.717) is 30.3 Å². The molecule has 0 spiro atoms. The molecule has 1 aliphatic heterocycles. The van der Waals surface area contributed by atoms with Crippen LogP contribution in [0.1, 0.15) is 64.2 Å². The second-order valence-corrected chi connectivity index (χ2v) is 9.60. The molecule has 2 fully saturated rings. The number of amidine groups is 1. The van der Waals surface area contributed by atoms with Gasteiger partial charge in [0.15, 0.2) is 0 Å². The van der Waals surface area contributed by atoms with Crippen LogP contribution in [0, 0.1) is 5.92 Å². The molecule has 1 amide bonds. The molecule has 0 bridgehead atoms. The summed E-state index contributed by atoms with van der Waals surface area (Å²) in [6.07, 6.45) is 10.1. The van der Waals surface area contributed by atoms with E-state index >= 15 is 0 Å². The minimum absolute atomic E-state index is 0.0451. The Morgan fingerprint density at radius 1 is 1.14 bits per heavy atom. The van der Waals surface area contributed by atoms with Crippen molar-refractivity contribution in [3.63, 3.8) is 0 Å². The lowest BCUT2D eigenvalue weighted by Gasteiger charge is -2.20. The SMILES string of the molecule is CN1CCCCCC1=NS(=O)(=O)c1cccc(NC(=O)CC2CCCCC2)c1. The zero-order valence-electron chi connectivity index (χ0n) is 16.7. The molecule has 1 saturated carbocycles. The normalized spacial score (nSPS) is 20.8. The van der Waals surface area contributed by atoms with E-state index < -0.39 is 10.0 Å². The molecule has 154 valence electrons. The molecule has 1 aliphatic carbocycles. The highest BCUT2D eigenvalue weighted by atomic mass is 32.2.